The summed E-state index contributed by atoms with van der Waals surface area (Å²) in [7, 11) is 0. The van der Waals surface area contributed by atoms with Gasteiger partial charge >= 0.3 is 0 Å². The molecule has 2 heterocycles. The number of hydrogen-bond donors (Lipinski definition) is 3. The Morgan fingerprint density at radius 3 is 2.79 bits per heavy atom. The van der Waals surface area contributed by atoms with Crippen molar-refractivity contribution in [2.24, 2.45) is 0 Å². The van der Waals surface area contributed by atoms with Gasteiger partial charge in [0.2, 0.25) is 0 Å². The number of benzene rings is 2. The molecule has 0 aliphatic carbocycles. The molecule has 3 N–H and O–H groups in total. The van der Waals surface area contributed by atoms with Crippen LogP contribution in [0.5, 0.6) is 5.75 Å². The highest BCUT2D eigenvalue weighted by Gasteiger charge is 2.25. The van der Waals surface area contributed by atoms with E-state index in [1.165, 1.54) is 0 Å². The van der Waals surface area contributed by atoms with Crippen LogP contribution in [0.4, 0.5) is 11.5 Å². The number of carbonyl (C=O) groups is 1. The molecule has 0 bridgehead atoms. The third kappa shape index (κ3) is 2.41. The number of pyridine rings is 1. The first-order chi connectivity index (χ1) is 11.6. The highest BCUT2D eigenvalue weighted by Crippen LogP contribution is 2.34. The number of fused-ring (bicyclic) bond motifs is 2. The molecule has 1 aliphatic rings. The van der Waals surface area contributed by atoms with Crippen LogP contribution in [0.3, 0.4) is 0 Å². The van der Waals surface area contributed by atoms with Gasteiger partial charge < -0.3 is 15.7 Å². The van der Waals surface area contributed by atoms with E-state index >= 15 is 0 Å². The lowest BCUT2D eigenvalue weighted by atomic mass is 10.1. The lowest BCUT2D eigenvalue weighted by Gasteiger charge is -2.08. The second-order valence-corrected chi connectivity index (χ2v) is 6.30. The summed E-state index contributed by atoms with van der Waals surface area (Å²) in [5.74, 6) is 0.568. The quantitative estimate of drug-likeness (QED) is 0.461. The third-order valence-corrected chi connectivity index (χ3v) is 4.33. The highest BCUT2D eigenvalue weighted by atomic mass is 79.9. The van der Waals surface area contributed by atoms with Gasteiger partial charge in [-0.15, -0.1) is 0 Å². The number of hydrogen-bond acceptors (Lipinski definition) is 4. The molecule has 1 amide bonds. The molecule has 24 heavy (non-hydrogen) atoms. The van der Waals surface area contributed by atoms with Crippen LogP contribution in [0.2, 0.25) is 0 Å². The number of phenols is 1. The maximum absolute atomic E-state index is 12.2. The monoisotopic (exact) mass is 381 g/mol. The number of rotatable bonds is 2. The van der Waals surface area contributed by atoms with Crippen LogP contribution in [0.25, 0.3) is 16.3 Å². The average molecular weight is 382 g/mol. The SMILES string of the molecule is O=C1Nc2ncc(Br)cc2C1=CNc1ccc(O)c2ccccc12. The lowest BCUT2D eigenvalue weighted by molar-refractivity contribution is -0.110. The van der Waals surface area contributed by atoms with E-state index in [1.807, 2.05) is 30.3 Å². The number of phenolic OH excluding ortho intramolecular Hbond substituents is 1. The number of halogens is 1. The van der Waals surface area contributed by atoms with Gasteiger partial charge in [-0.25, -0.2) is 4.98 Å². The Labute approximate surface area is 146 Å². The van der Waals surface area contributed by atoms with Gasteiger partial charge in [-0.3, -0.25) is 4.79 Å². The molecule has 6 heteroatoms. The van der Waals surface area contributed by atoms with Crippen LogP contribution in [0, 0.1) is 0 Å². The molecule has 3 aromatic rings. The number of carbonyl (C=O) groups excluding carboxylic acids is 1. The van der Waals surface area contributed by atoms with Gasteiger partial charge in [0, 0.05) is 38.9 Å². The largest absolute Gasteiger partial charge is 0.507 e. The zero-order chi connectivity index (χ0) is 16.7. The fraction of sp³-hybridized carbons (Fsp3) is 0. The number of nitrogens with zero attached hydrogens (tertiary/aromatic N) is 1. The number of aromatic hydroxyl groups is 1. The molecule has 0 saturated carbocycles. The number of aromatic nitrogens is 1. The summed E-state index contributed by atoms with van der Waals surface area (Å²) in [4.78, 5) is 16.4. The predicted octanol–water partition coefficient (Wildman–Crippen LogP) is 4.11. The maximum Gasteiger partial charge on any atom is 0.259 e. The Bertz CT molecular complexity index is 1010. The van der Waals surface area contributed by atoms with Gasteiger partial charge in [0.15, 0.2) is 0 Å². The van der Waals surface area contributed by atoms with E-state index in [0.29, 0.717) is 11.4 Å². The van der Waals surface area contributed by atoms with Crippen molar-refractivity contribution in [1.29, 1.82) is 0 Å². The molecule has 0 atom stereocenters. The Balaban J connectivity index is 1.76. The first-order valence-electron chi connectivity index (χ1n) is 7.28. The van der Waals surface area contributed by atoms with Crippen molar-refractivity contribution in [3.05, 3.63) is 64.9 Å². The minimum atomic E-state index is -0.203. The van der Waals surface area contributed by atoms with Crippen molar-refractivity contribution in [2.45, 2.75) is 0 Å². The van der Waals surface area contributed by atoms with E-state index in [2.05, 4.69) is 31.5 Å². The Morgan fingerprint density at radius 1 is 1.17 bits per heavy atom. The molecule has 118 valence electrons. The zero-order valence-electron chi connectivity index (χ0n) is 12.4. The number of anilines is 2. The molecule has 2 aromatic carbocycles. The van der Waals surface area contributed by atoms with Crippen LogP contribution in [-0.2, 0) is 4.79 Å². The fourth-order valence-corrected chi connectivity index (χ4v) is 3.07. The molecular formula is C18H12BrN3O2. The van der Waals surface area contributed by atoms with E-state index < -0.39 is 0 Å². The van der Waals surface area contributed by atoms with Crippen LogP contribution in [0.1, 0.15) is 5.56 Å². The summed E-state index contributed by atoms with van der Waals surface area (Å²) < 4.78 is 0.804. The molecule has 1 aromatic heterocycles. The van der Waals surface area contributed by atoms with Crippen molar-refractivity contribution < 1.29 is 9.90 Å². The van der Waals surface area contributed by atoms with Crippen LogP contribution < -0.4 is 10.6 Å². The molecule has 0 fully saturated rings. The third-order valence-electron chi connectivity index (χ3n) is 3.89. The van der Waals surface area contributed by atoms with Crippen LogP contribution in [-0.4, -0.2) is 16.0 Å². The number of nitrogens with one attached hydrogen (secondary N) is 2. The van der Waals surface area contributed by atoms with E-state index in [1.54, 1.807) is 24.5 Å². The Hall–Kier alpha value is -2.86. The van der Waals surface area contributed by atoms with Gasteiger partial charge in [-0.05, 0) is 34.1 Å². The van der Waals surface area contributed by atoms with Gasteiger partial charge in [0.05, 0.1) is 5.57 Å². The molecular weight excluding hydrogens is 370 g/mol. The minimum absolute atomic E-state index is 0.203. The van der Waals surface area contributed by atoms with Gasteiger partial charge in [0.25, 0.3) is 5.91 Å². The molecule has 0 saturated heterocycles. The predicted molar refractivity (Wildman–Crippen MR) is 97.8 cm³/mol. The summed E-state index contributed by atoms with van der Waals surface area (Å²) in [6.45, 7) is 0. The molecule has 5 nitrogen and oxygen atoms in total. The molecule has 1 aliphatic heterocycles. The van der Waals surface area contributed by atoms with E-state index in [9.17, 15) is 9.90 Å². The molecule has 0 spiro atoms. The minimum Gasteiger partial charge on any atom is -0.507 e. The Kier molecular flexibility index (Phi) is 3.46. The summed E-state index contributed by atoms with van der Waals surface area (Å²) in [6, 6.07) is 12.8. The van der Waals surface area contributed by atoms with Crippen molar-refractivity contribution in [3.8, 4) is 5.75 Å². The molecule has 4 rings (SSSR count). The fourth-order valence-electron chi connectivity index (χ4n) is 2.74. The summed E-state index contributed by atoms with van der Waals surface area (Å²) in [5, 5.41) is 17.5. The second kappa shape index (κ2) is 5.65. The van der Waals surface area contributed by atoms with Gasteiger partial charge in [0.1, 0.15) is 11.6 Å². The van der Waals surface area contributed by atoms with E-state index in [4.69, 9.17) is 0 Å². The van der Waals surface area contributed by atoms with Crippen molar-refractivity contribution in [1.82, 2.24) is 4.98 Å². The normalized spacial score (nSPS) is 14.7. The van der Waals surface area contributed by atoms with E-state index in [0.717, 1.165) is 26.5 Å². The standard InChI is InChI=1S/C18H12BrN3O2/c19-10-7-13-14(18(24)22-17(13)21-8-10)9-20-15-5-6-16(23)12-4-2-1-3-11(12)15/h1-9,20,23H,(H,21,22,24). The second-order valence-electron chi connectivity index (χ2n) is 5.38. The molecule has 0 radical (unpaired) electrons. The maximum atomic E-state index is 12.2. The van der Waals surface area contributed by atoms with Crippen molar-refractivity contribution in [2.75, 3.05) is 10.6 Å². The van der Waals surface area contributed by atoms with Gasteiger partial charge in [-0.1, -0.05) is 24.3 Å². The molecule has 0 unspecified atom stereocenters. The Morgan fingerprint density at radius 2 is 1.96 bits per heavy atom. The van der Waals surface area contributed by atoms with Crippen LogP contribution in [0.15, 0.2) is 59.3 Å². The number of amides is 1. The first kappa shape index (κ1) is 14.7. The van der Waals surface area contributed by atoms with Crippen molar-refractivity contribution in [3.63, 3.8) is 0 Å². The summed E-state index contributed by atoms with van der Waals surface area (Å²) in [5.41, 5.74) is 2.06. The first-order valence-corrected chi connectivity index (χ1v) is 8.07. The van der Waals surface area contributed by atoms with Crippen LogP contribution >= 0.6 is 15.9 Å². The average Bonchev–Trinajstić information content (AvgIpc) is 2.89. The van der Waals surface area contributed by atoms with Gasteiger partial charge in [-0.2, -0.15) is 0 Å². The smallest absolute Gasteiger partial charge is 0.259 e. The summed E-state index contributed by atoms with van der Waals surface area (Å²) >= 11 is 3.37. The highest BCUT2D eigenvalue weighted by molar-refractivity contribution is 9.10. The zero-order valence-corrected chi connectivity index (χ0v) is 14.0. The lowest BCUT2D eigenvalue weighted by Crippen LogP contribution is -2.05. The topological polar surface area (TPSA) is 74.2 Å². The van der Waals surface area contributed by atoms with E-state index in [-0.39, 0.29) is 11.7 Å². The van der Waals surface area contributed by atoms with Crippen molar-refractivity contribution >= 4 is 49.7 Å². The summed E-state index contributed by atoms with van der Waals surface area (Å²) in [6.07, 6.45) is 3.30.